The number of hydrogen-bond acceptors (Lipinski definition) is 15. The summed E-state index contributed by atoms with van der Waals surface area (Å²) >= 11 is 0. The molecule has 5 rings (SSSR count). The molecule has 4 amide bonds. The van der Waals surface area contributed by atoms with Gasteiger partial charge in [-0.1, -0.05) is 5.21 Å². The van der Waals surface area contributed by atoms with Gasteiger partial charge in [0.05, 0.1) is 61.8 Å². The molecule has 1 unspecified atom stereocenters. The van der Waals surface area contributed by atoms with E-state index < -0.39 is 35.8 Å². The predicted octanol–water partition coefficient (Wildman–Crippen LogP) is -2.23. The average molecular weight is 862 g/mol. The van der Waals surface area contributed by atoms with Gasteiger partial charge in [0.15, 0.2) is 5.69 Å². The Labute approximate surface area is 356 Å². The third-order valence-electron chi connectivity index (χ3n) is 10.4. The molecule has 62 heavy (non-hydrogen) atoms. The maximum atomic E-state index is 13.2. The van der Waals surface area contributed by atoms with Gasteiger partial charge in [-0.05, 0) is 43.5 Å². The fourth-order valence-electron chi connectivity index (χ4n) is 7.17. The first-order valence-electron chi connectivity index (χ1n) is 20.2. The van der Waals surface area contributed by atoms with E-state index in [0.29, 0.717) is 49.1 Å². The van der Waals surface area contributed by atoms with Crippen molar-refractivity contribution >= 4 is 52.4 Å². The zero-order chi connectivity index (χ0) is 44.6. The number of hydrogen-bond donors (Lipinski definition) is 6. The van der Waals surface area contributed by atoms with Gasteiger partial charge in [0, 0.05) is 83.6 Å². The van der Waals surface area contributed by atoms with Gasteiger partial charge in [0.2, 0.25) is 11.8 Å². The molecule has 6 N–H and O–H groups in total. The third-order valence-corrected chi connectivity index (χ3v) is 10.4. The summed E-state index contributed by atoms with van der Waals surface area (Å²) in [6.45, 7) is 1.98. The summed E-state index contributed by atoms with van der Waals surface area (Å²) in [5, 5.41) is 54.3. The molecule has 0 aliphatic carbocycles. The number of aliphatic carboxylic acids is 3. The molecule has 0 bridgehead atoms. The van der Waals surface area contributed by atoms with Crippen LogP contribution < -0.4 is 16.0 Å². The van der Waals surface area contributed by atoms with Crippen molar-refractivity contribution in [2.24, 2.45) is 0 Å². The molecule has 2 aliphatic heterocycles. The van der Waals surface area contributed by atoms with Gasteiger partial charge in [-0.3, -0.25) is 58.1 Å². The number of pyridine rings is 1. The molecule has 3 aromatic rings. The van der Waals surface area contributed by atoms with Crippen molar-refractivity contribution in [1.29, 1.82) is 5.26 Å². The number of carboxylic acids is 3. The predicted molar refractivity (Wildman–Crippen MR) is 218 cm³/mol. The van der Waals surface area contributed by atoms with Crippen LogP contribution in [0, 0.1) is 11.3 Å². The van der Waals surface area contributed by atoms with Gasteiger partial charge in [-0.25, -0.2) is 4.68 Å². The molecule has 332 valence electrons. The van der Waals surface area contributed by atoms with Crippen molar-refractivity contribution in [1.82, 2.24) is 60.4 Å². The zero-order valence-corrected chi connectivity index (χ0v) is 34.1. The third kappa shape index (κ3) is 14.0. The Bertz CT molecular complexity index is 2110. The van der Waals surface area contributed by atoms with Crippen molar-refractivity contribution < 1.29 is 48.9 Å². The van der Waals surface area contributed by atoms with Crippen LogP contribution in [0.3, 0.4) is 0 Å². The highest BCUT2D eigenvalue weighted by molar-refractivity contribution is 6.07. The molecule has 2 fully saturated rings. The number of amides is 4. The van der Waals surface area contributed by atoms with Crippen LogP contribution in [0.1, 0.15) is 40.1 Å². The van der Waals surface area contributed by atoms with E-state index in [4.69, 9.17) is 0 Å². The molecule has 0 spiro atoms. The van der Waals surface area contributed by atoms with E-state index in [1.54, 1.807) is 32.9 Å². The number of rotatable bonds is 17. The summed E-state index contributed by atoms with van der Waals surface area (Å²) in [6.07, 6.45) is 4.61. The topological polar surface area (TPSA) is 300 Å². The van der Waals surface area contributed by atoms with Crippen LogP contribution in [0.5, 0.6) is 0 Å². The maximum absolute atomic E-state index is 13.2. The van der Waals surface area contributed by atoms with E-state index >= 15 is 0 Å². The number of nitriles is 1. The Morgan fingerprint density at radius 3 is 1.89 bits per heavy atom. The van der Waals surface area contributed by atoms with Crippen LogP contribution in [0.2, 0.25) is 0 Å². The molecule has 23 nitrogen and oxygen atoms in total. The summed E-state index contributed by atoms with van der Waals surface area (Å²) in [5.74, 6) is -4.79. The monoisotopic (exact) mass is 861 g/mol. The van der Waals surface area contributed by atoms with Crippen molar-refractivity contribution in [2.75, 3.05) is 105 Å². The number of fused-ring (bicyclic) bond motifs is 1. The molecule has 0 saturated carbocycles. The summed E-state index contributed by atoms with van der Waals surface area (Å²) in [7, 11) is 0. The van der Waals surface area contributed by atoms with E-state index in [-0.39, 0.29) is 108 Å². The van der Waals surface area contributed by atoms with E-state index in [1.165, 1.54) is 28.0 Å². The summed E-state index contributed by atoms with van der Waals surface area (Å²) in [6, 6.07) is 8.19. The highest BCUT2D eigenvalue weighted by atomic mass is 16.4. The van der Waals surface area contributed by atoms with Crippen LogP contribution in [0.4, 0.5) is 0 Å². The van der Waals surface area contributed by atoms with E-state index in [9.17, 15) is 54.1 Å². The fourth-order valence-corrected chi connectivity index (χ4v) is 7.17. The van der Waals surface area contributed by atoms with Gasteiger partial charge in [0.1, 0.15) is 6.04 Å². The largest absolute Gasteiger partial charge is 0.480 e. The van der Waals surface area contributed by atoms with Gasteiger partial charge >= 0.3 is 17.9 Å². The number of nitrogens with zero attached hydrogens (tertiary/aromatic N) is 10. The lowest BCUT2D eigenvalue weighted by Gasteiger charge is -2.32. The Kier molecular flexibility index (Phi) is 17.1. The molecule has 1 aromatic carbocycles. The molecule has 2 aromatic heterocycles. The standard InChI is InChI=1S/C39H51N13O10/c40-20-28-3-1-10-51(28)34(54)21-44-38(61)29-6-9-41-31-5-4-27(19-30(29)31)52-22-32(45-46-52)39(62)43-8-2-7-42-33(53)23-47-11-13-48(24-35(55)56)15-17-50(26-37(59)60)18-16-49(14-12-47)25-36(57)58/h4-6,9,19,22,28H,1-3,7-8,10-18,21,23-26H2,(H,42,53)(H,43,62)(H,44,61)(H,55,56)(H,57,58)(H,59,60). The number of likely N-dealkylation sites (tertiary alicyclic amines) is 1. The summed E-state index contributed by atoms with van der Waals surface area (Å²) in [5.41, 5.74) is 1.29. The van der Waals surface area contributed by atoms with Crippen molar-refractivity contribution in [2.45, 2.75) is 25.3 Å². The molecular weight excluding hydrogens is 811 g/mol. The van der Waals surface area contributed by atoms with Gasteiger partial charge < -0.3 is 36.2 Å². The Hall–Kier alpha value is -6.61. The molecule has 2 aliphatic rings. The smallest absolute Gasteiger partial charge is 0.317 e. The van der Waals surface area contributed by atoms with Crippen LogP contribution in [0.15, 0.2) is 36.7 Å². The summed E-state index contributed by atoms with van der Waals surface area (Å²) in [4.78, 5) is 98.9. The number of aromatic nitrogens is 4. The van der Waals surface area contributed by atoms with E-state index in [2.05, 4.69) is 37.3 Å². The highest BCUT2D eigenvalue weighted by Gasteiger charge is 2.29. The number of nitrogens with one attached hydrogen (secondary N) is 3. The molecule has 2 saturated heterocycles. The lowest BCUT2D eigenvalue weighted by Crippen LogP contribution is -2.49. The highest BCUT2D eigenvalue weighted by Crippen LogP contribution is 2.21. The second-order valence-corrected chi connectivity index (χ2v) is 14.9. The Morgan fingerprint density at radius 1 is 0.726 bits per heavy atom. The minimum atomic E-state index is -1.05. The summed E-state index contributed by atoms with van der Waals surface area (Å²) < 4.78 is 1.37. The van der Waals surface area contributed by atoms with Crippen LogP contribution in [0.25, 0.3) is 16.6 Å². The van der Waals surface area contributed by atoms with Gasteiger partial charge in [0.25, 0.3) is 11.8 Å². The van der Waals surface area contributed by atoms with Crippen molar-refractivity contribution in [3.63, 3.8) is 0 Å². The molecule has 0 radical (unpaired) electrons. The maximum Gasteiger partial charge on any atom is 0.317 e. The van der Waals surface area contributed by atoms with Crippen LogP contribution >= 0.6 is 0 Å². The van der Waals surface area contributed by atoms with Crippen molar-refractivity contribution in [3.8, 4) is 11.8 Å². The first kappa shape index (κ1) is 46.5. The Balaban J connectivity index is 1.10. The second-order valence-electron chi connectivity index (χ2n) is 14.9. The number of benzene rings is 1. The number of carbonyl (C=O) groups excluding carboxylic acids is 4. The zero-order valence-electron chi connectivity index (χ0n) is 34.1. The van der Waals surface area contributed by atoms with Crippen LogP contribution in [-0.4, -0.2) is 212 Å². The quantitative estimate of drug-likeness (QED) is 0.0783. The molecule has 1 atom stereocenters. The fraction of sp³-hybridized carbons (Fsp3) is 0.513. The first-order chi connectivity index (χ1) is 29.8. The van der Waals surface area contributed by atoms with Crippen molar-refractivity contribution in [3.05, 3.63) is 47.9 Å². The van der Waals surface area contributed by atoms with Gasteiger partial charge in [-0.2, -0.15) is 5.26 Å². The van der Waals surface area contributed by atoms with E-state index in [1.807, 2.05) is 4.90 Å². The average Bonchev–Trinajstić information content (AvgIpc) is 3.94. The SMILES string of the molecule is N#CC1CCCN1C(=O)CNC(=O)c1ccnc2ccc(-n3cc(C(=O)NCCCNC(=O)CN4CCN(CC(=O)O)CCN(CC(=O)O)CCN(CC(=O)O)CC4)nn3)cc12. The number of carbonyl (C=O) groups is 7. The molecule has 23 heteroatoms. The molecule has 4 heterocycles. The van der Waals surface area contributed by atoms with E-state index in [0.717, 1.165) is 6.42 Å². The lowest BCUT2D eigenvalue weighted by atomic mass is 10.1. The van der Waals surface area contributed by atoms with Gasteiger partial charge in [-0.15, -0.1) is 5.10 Å². The van der Waals surface area contributed by atoms with Crippen LogP contribution in [-0.2, 0) is 24.0 Å². The number of carboxylic acid groups (broad SMARTS) is 3. The normalized spacial score (nSPS) is 17.3. The first-order valence-corrected chi connectivity index (χ1v) is 20.2. The molecular formula is C39H51N13O10. The minimum Gasteiger partial charge on any atom is -0.480 e. The minimum absolute atomic E-state index is 0.0214. The lowest BCUT2D eigenvalue weighted by molar-refractivity contribution is -0.140. The Morgan fingerprint density at radius 2 is 1.31 bits per heavy atom. The second kappa shape index (κ2) is 22.8.